The van der Waals surface area contributed by atoms with Crippen LogP contribution in [-0.4, -0.2) is 52.8 Å². The third-order valence-corrected chi connectivity index (χ3v) is 8.46. The first kappa shape index (κ1) is 35.7. The van der Waals surface area contributed by atoms with Gasteiger partial charge in [0.05, 0.1) is 33.3 Å². The Morgan fingerprint density at radius 1 is 0.771 bits per heavy atom. The molecule has 0 bridgehead atoms. The van der Waals surface area contributed by atoms with Crippen molar-refractivity contribution in [1.29, 1.82) is 0 Å². The van der Waals surface area contributed by atoms with Crippen molar-refractivity contribution in [1.82, 2.24) is 5.32 Å². The normalized spacial score (nSPS) is 13.4. The highest BCUT2D eigenvalue weighted by Crippen LogP contribution is 2.41. The Labute approximate surface area is 283 Å². The average Bonchev–Trinajstić information content (AvgIpc) is 3.44. The quantitative estimate of drug-likeness (QED) is 0.127. The van der Waals surface area contributed by atoms with Crippen molar-refractivity contribution in [3.8, 4) is 45.8 Å². The van der Waals surface area contributed by atoms with Crippen molar-refractivity contribution < 1.29 is 42.4 Å². The third kappa shape index (κ3) is 7.23. The van der Waals surface area contributed by atoms with Crippen molar-refractivity contribution in [3.63, 3.8) is 0 Å². The van der Waals surface area contributed by atoms with Crippen LogP contribution >= 0.6 is 11.8 Å². The number of methoxy groups -OCH3 is 4. The van der Waals surface area contributed by atoms with Gasteiger partial charge in [-0.1, -0.05) is 19.9 Å². The molecule has 48 heavy (non-hydrogen) atoms. The predicted octanol–water partition coefficient (Wildman–Crippen LogP) is 7.31. The average molecular weight is 678 g/mol. The fourth-order valence-electron chi connectivity index (χ4n) is 5.19. The summed E-state index contributed by atoms with van der Waals surface area (Å²) in [7, 11) is 6.04. The fourth-order valence-corrected chi connectivity index (χ4v) is 5.92. The maximum Gasteiger partial charge on any atom is 0.290 e. The Morgan fingerprint density at radius 3 is 2.04 bits per heavy atom. The van der Waals surface area contributed by atoms with Crippen LogP contribution in [0.3, 0.4) is 0 Å². The molecule has 1 N–H and O–H groups in total. The predicted molar refractivity (Wildman–Crippen MR) is 186 cm³/mol. The van der Waals surface area contributed by atoms with Gasteiger partial charge in [0.1, 0.15) is 41.4 Å². The van der Waals surface area contributed by atoms with E-state index in [9.17, 15) is 14.4 Å². The van der Waals surface area contributed by atoms with Gasteiger partial charge < -0.3 is 32.8 Å². The molecule has 12 heteroatoms. The van der Waals surface area contributed by atoms with Crippen LogP contribution in [-0.2, 0) is 4.79 Å². The molecule has 0 atom stereocenters. The minimum Gasteiger partial charge on any atom is -0.496 e. The van der Waals surface area contributed by atoms with Crippen molar-refractivity contribution >= 4 is 39.5 Å². The van der Waals surface area contributed by atoms with Crippen LogP contribution in [0.5, 0.6) is 34.5 Å². The number of thioether (sulfide) groups is 1. The number of benzene rings is 3. The Hall–Kier alpha value is -5.10. The molecule has 3 aromatic carbocycles. The summed E-state index contributed by atoms with van der Waals surface area (Å²) in [6, 6.07) is 12.2. The molecule has 1 aromatic heterocycles. The topological polar surface area (TPSA) is 132 Å². The number of fused-ring (bicyclic) bond motifs is 1. The highest BCUT2D eigenvalue weighted by Gasteiger charge is 2.28. The van der Waals surface area contributed by atoms with Crippen molar-refractivity contribution in [2.45, 2.75) is 34.6 Å². The molecule has 2 heterocycles. The second kappa shape index (κ2) is 15.7. The number of rotatable bonds is 11. The molecule has 1 aliphatic rings. The second-order valence-corrected chi connectivity index (χ2v) is 11.3. The molecule has 5 rings (SSSR count). The molecule has 0 spiro atoms. The lowest BCUT2D eigenvalue weighted by Crippen LogP contribution is -2.18. The lowest BCUT2D eigenvalue weighted by atomic mass is 10.0. The summed E-state index contributed by atoms with van der Waals surface area (Å²) >= 11 is 0.886. The number of aryl methyl sites for hydroxylation is 2. The summed E-state index contributed by atoms with van der Waals surface area (Å²) in [5, 5.41) is 2.10. The molecule has 1 saturated heterocycles. The maximum atomic E-state index is 14.0. The maximum absolute atomic E-state index is 14.0. The van der Waals surface area contributed by atoms with E-state index >= 15 is 0 Å². The molecule has 0 unspecified atom stereocenters. The molecule has 0 radical (unpaired) electrons. The molecule has 1 aliphatic heterocycles. The summed E-state index contributed by atoms with van der Waals surface area (Å²) in [6.07, 6.45) is 0. The van der Waals surface area contributed by atoms with E-state index in [1.807, 2.05) is 39.8 Å². The van der Waals surface area contributed by atoms with Gasteiger partial charge in [0, 0.05) is 17.7 Å². The zero-order valence-electron chi connectivity index (χ0n) is 28.4. The van der Waals surface area contributed by atoms with Gasteiger partial charge in [0.25, 0.3) is 11.1 Å². The van der Waals surface area contributed by atoms with Crippen LogP contribution < -0.4 is 39.2 Å². The van der Waals surface area contributed by atoms with E-state index in [1.165, 1.54) is 21.3 Å². The number of carbonyl (C=O) groups excluding carboxylic acids is 2. The van der Waals surface area contributed by atoms with Gasteiger partial charge in [-0.3, -0.25) is 19.7 Å². The molecule has 11 nitrogen and oxygen atoms in total. The summed E-state index contributed by atoms with van der Waals surface area (Å²) in [6.45, 7) is 9.67. The molecule has 2 amide bonds. The number of imide groups is 1. The van der Waals surface area contributed by atoms with E-state index in [0.717, 1.165) is 28.5 Å². The van der Waals surface area contributed by atoms with Crippen LogP contribution in [0.25, 0.3) is 27.9 Å². The van der Waals surface area contributed by atoms with Crippen LogP contribution in [0, 0.1) is 13.8 Å². The molecular weight excluding hydrogens is 638 g/mol. The lowest BCUT2D eigenvalue weighted by Gasteiger charge is -2.17. The minimum absolute atomic E-state index is 0.0108. The number of nitrogens with one attached hydrogen (secondary N) is 1. The summed E-state index contributed by atoms with van der Waals surface area (Å²) in [4.78, 5) is 38.1. The fraction of sp³-hybridized carbons (Fsp3) is 0.306. The Bertz CT molecular complexity index is 1950. The molecule has 1 fully saturated rings. The van der Waals surface area contributed by atoms with Crippen LogP contribution in [0.4, 0.5) is 4.79 Å². The zero-order chi connectivity index (χ0) is 35.1. The first-order valence-electron chi connectivity index (χ1n) is 15.2. The van der Waals surface area contributed by atoms with Gasteiger partial charge in [-0.25, -0.2) is 0 Å². The molecule has 254 valence electrons. The van der Waals surface area contributed by atoms with E-state index in [2.05, 4.69) is 5.32 Å². The third-order valence-electron chi connectivity index (χ3n) is 7.48. The van der Waals surface area contributed by atoms with E-state index in [4.69, 9.17) is 32.8 Å². The number of hydrogen-bond donors (Lipinski definition) is 1. The lowest BCUT2D eigenvalue weighted by molar-refractivity contribution is -0.115. The van der Waals surface area contributed by atoms with Crippen molar-refractivity contribution in [2.75, 3.05) is 41.7 Å². The van der Waals surface area contributed by atoms with Crippen LogP contribution in [0.2, 0.25) is 0 Å². The number of amides is 2. The smallest absolute Gasteiger partial charge is 0.290 e. The van der Waals surface area contributed by atoms with Crippen molar-refractivity contribution in [3.05, 3.63) is 74.3 Å². The number of carbonyl (C=O) groups is 2. The summed E-state index contributed by atoms with van der Waals surface area (Å²) in [5.74, 6) is 2.05. The zero-order valence-corrected chi connectivity index (χ0v) is 29.3. The van der Waals surface area contributed by atoms with E-state index in [-0.39, 0.29) is 46.7 Å². The van der Waals surface area contributed by atoms with E-state index in [0.29, 0.717) is 39.0 Å². The number of ether oxygens (including phenoxy) is 6. The Kier molecular flexibility index (Phi) is 11.7. The van der Waals surface area contributed by atoms with Crippen molar-refractivity contribution in [2.24, 2.45) is 0 Å². The minimum atomic E-state index is -0.430. The molecule has 4 aromatic rings. The first-order chi connectivity index (χ1) is 23.1. The largest absolute Gasteiger partial charge is 0.496 e. The van der Waals surface area contributed by atoms with Gasteiger partial charge in [0.15, 0.2) is 17.3 Å². The second-order valence-electron chi connectivity index (χ2n) is 10.3. The van der Waals surface area contributed by atoms with Crippen LogP contribution in [0.1, 0.15) is 37.5 Å². The monoisotopic (exact) mass is 677 g/mol. The number of allylic oxidation sites excluding steroid dienone is 1. The standard InChI is InChI=1S/C34H33NO10S.C2H6/c1-17-12-20(8-9-22(17)19(3)32-33(37)35-34(38)46-32)43-10-11-44-31-29(36)28-26(42-7)14-21(39-4)15-27(28)45-30(31)23-16-25(41-6)24(40-5)13-18(23)2;1-2/h8-9,12-16H,10-11H2,1-7H3,(H,35,37,38);1-2H3/b32-19-;. The molecule has 0 saturated carbocycles. The van der Waals surface area contributed by atoms with Gasteiger partial charge >= 0.3 is 0 Å². The Morgan fingerprint density at radius 2 is 1.44 bits per heavy atom. The molecule has 0 aliphatic carbocycles. The summed E-state index contributed by atoms with van der Waals surface area (Å²) < 4.78 is 40.3. The Balaban J connectivity index is 0.00000255. The van der Waals surface area contributed by atoms with Gasteiger partial charge in [0.2, 0.25) is 11.2 Å². The van der Waals surface area contributed by atoms with Crippen LogP contribution in [0.15, 0.2) is 56.6 Å². The van der Waals surface area contributed by atoms with E-state index in [1.54, 1.807) is 44.4 Å². The SMILES string of the molecule is CC.COc1cc(OC)c2c(=O)c(OCCOc3ccc(/C(C)=C4\SC(=O)NC4=O)c(C)c3)c(-c3cc(OC)c(OC)cc3C)oc2c1. The molecular formula is C36H39NO10S. The van der Waals surface area contributed by atoms with Gasteiger partial charge in [-0.2, -0.15) is 0 Å². The highest BCUT2D eigenvalue weighted by molar-refractivity contribution is 8.18. The number of hydrogen-bond acceptors (Lipinski definition) is 11. The van der Waals surface area contributed by atoms with Gasteiger partial charge in [-0.15, -0.1) is 0 Å². The highest BCUT2D eigenvalue weighted by atomic mass is 32.2. The van der Waals surface area contributed by atoms with E-state index < -0.39 is 11.3 Å². The first-order valence-corrected chi connectivity index (χ1v) is 16.0. The summed E-state index contributed by atoms with van der Waals surface area (Å²) in [5.41, 5.74) is 3.55. The van der Waals surface area contributed by atoms with Gasteiger partial charge in [-0.05, 0) is 79.1 Å².